The molecule has 1 saturated carbocycles. The van der Waals surface area contributed by atoms with E-state index in [2.05, 4.69) is 5.32 Å². The number of carbonyl (C=O) groups is 1. The average Bonchev–Trinajstić information content (AvgIpc) is 2.06. The van der Waals surface area contributed by atoms with Crippen LogP contribution in [0.1, 0.15) is 26.2 Å². The third kappa shape index (κ3) is 3.19. The Labute approximate surface area is 78.8 Å². The molecule has 1 amide bonds. The van der Waals surface area contributed by atoms with Gasteiger partial charge < -0.3 is 10.4 Å². The van der Waals surface area contributed by atoms with Gasteiger partial charge in [-0.1, -0.05) is 12.5 Å². The van der Waals surface area contributed by atoms with Gasteiger partial charge in [0.15, 0.2) is 0 Å². The van der Waals surface area contributed by atoms with E-state index in [9.17, 15) is 4.79 Å². The Kier molecular flexibility index (Phi) is 3.96. The molecule has 0 unspecified atom stereocenters. The first-order chi connectivity index (χ1) is 6.24. The molecule has 0 bridgehead atoms. The zero-order valence-corrected chi connectivity index (χ0v) is 8.05. The van der Waals surface area contributed by atoms with Gasteiger partial charge in [0.2, 0.25) is 5.91 Å². The van der Waals surface area contributed by atoms with Crippen molar-refractivity contribution >= 4 is 5.91 Å². The summed E-state index contributed by atoms with van der Waals surface area (Å²) >= 11 is 0. The van der Waals surface area contributed by atoms with E-state index in [0.717, 1.165) is 5.57 Å². The van der Waals surface area contributed by atoms with Crippen LogP contribution in [0.15, 0.2) is 11.6 Å². The highest BCUT2D eigenvalue weighted by atomic mass is 16.3. The van der Waals surface area contributed by atoms with Gasteiger partial charge in [0.1, 0.15) is 0 Å². The number of allylic oxidation sites excluding steroid dienone is 1. The largest absolute Gasteiger partial charge is 0.395 e. The highest BCUT2D eigenvalue weighted by molar-refractivity contribution is 5.92. The van der Waals surface area contributed by atoms with Crippen LogP contribution < -0.4 is 5.32 Å². The van der Waals surface area contributed by atoms with E-state index < -0.39 is 0 Å². The molecule has 0 saturated heterocycles. The van der Waals surface area contributed by atoms with E-state index in [1.54, 1.807) is 0 Å². The zero-order valence-electron chi connectivity index (χ0n) is 8.05. The van der Waals surface area contributed by atoms with Crippen LogP contribution >= 0.6 is 0 Å². The van der Waals surface area contributed by atoms with Crippen LogP contribution in [0, 0.1) is 5.92 Å². The highest BCUT2D eigenvalue weighted by Crippen LogP contribution is 2.28. The van der Waals surface area contributed by atoms with Crippen LogP contribution in [-0.2, 0) is 4.79 Å². The number of hydrogen-bond donors (Lipinski definition) is 2. The summed E-state index contributed by atoms with van der Waals surface area (Å²) in [6.45, 7) is 2.17. The second-order valence-electron chi connectivity index (χ2n) is 3.52. The number of aliphatic hydroxyl groups excluding tert-OH is 1. The van der Waals surface area contributed by atoms with Crippen LogP contribution in [-0.4, -0.2) is 24.2 Å². The molecule has 0 aromatic rings. The Hall–Kier alpha value is -0.830. The summed E-state index contributed by atoms with van der Waals surface area (Å²) in [5.74, 6) is 0.556. The normalized spacial score (nSPS) is 18.2. The number of nitrogens with one attached hydrogen (secondary N) is 1. The molecule has 0 aromatic carbocycles. The monoisotopic (exact) mass is 183 g/mol. The van der Waals surface area contributed by atoms with Gasteiger partial charge >= 0.3 is 0 Å². The lowest BCUT2D eigenvalue weighted by atomic mass is 9.84. The van der Waals surface area contributed by atoms with Crippen molar-refractivity contribution in [1.82, 2.24) is 5.32 Å². The summed E-state index contributed by atoms with van der Waals surface area (Å²) in [7, 11) is 0. The van der Waals surface area contributed by atoms with Crippen molar-refractivity contribution in [3.63, 3.8) is 0 Å². The molecule has 13 heavy (non-hydrogen) atoms. The highest BCUT2D eigenvalue weighted by Gasteiger charge is 2.16. The van der Waals surface area contributed by atoms with Crippen molar-refractivity contribution < 1.29 is 9.90 Å². The first kappa shape index (κ1) is 10.3. The van der Waals surface area contributed by atoms with Crippen molar-refractivity contribution in [2.24, 2.45) is 5.92 Å². The lowest BCUT2D eigenvalue weighted by molar-refractivity contribution is -0.117. The number of amides is 1. The molecule has 0 aliphatic heterocycles. The van der Waals surface area contributed by atoms with E-state index in [-0.39, 0.29) is 12.5 Å². The first-order valence-corrected chi connectivity index (χ1v) is 4.81. The van der Waals surface area contributed by atoms with Crippen LogP contribution in [0.4, 0.5) is 0 Å². The average molecular weight is 183 g/mol. The van der Waals surface area contributed by atoms with Gasteiger partial charge in [-0.15, -0.1) is 0 Å². The van der Waals surface area contributed by atoms with Crippen LogP contribution in [0.25, 0.3) is 0 Å². The SMILES string of the molecule is C/C(=C\C1CCC1)C(=O)NCCO. The van der Waals surface area contributed by atoms with E-state index in [0.29, 0.717) is 12.5 Å². The number of hydrogen-bond acceptors (Lipinski definition) is 2. The summed E-state index contributed by atoms with van der Waals surface area (Å²) in [4.78, 5) is 11.3. The summed E-state index contributed by atoms with van der Waals surface area (Å²) in [5, 5.41) is 11.1. The molecular weight excluding hydrogens is 166 g/mol. The van der Waals surface area contributed by atoms with Crippen LogP contribution in [0.2, 0.25) is 0 Å². The molecule has 1 aliphatic carbocycles. The summed E-state index contributed by atoms with van der Waals surface area (Å²) in [5.41, 5.74) is 0.776. The second kappa shape index (κ2) is 5.02. The van der Waals surface area contributed by atoms with Crippen molar-refractivity contribution in [3.05, 3.63) is 11.6 Å². The van der Waals surface area contributed by atoms with Gasteiger partial charge in [0.05, 0.1) is 6.61 Å². The molecule has 74 valence electrons. The van der Waals surface area contributed by atoms with E-state index >= 15 is 0 Å². The van der Waals surface area contributed by atoms with E-state index in [1.165, 1.54) is 19.3 Å². The Morgan fingerprint density at radius 1 is 1.62 bits per heavy atom. The van der Waals surface area contributed by atoms with Gasteiger partial charge in [-0.25, -0.2) is 0 Å². The van der Waals surface area contributed by atoms with Gasteiger partial charge in [0, 0.05) is 12.1 Å². The Morgan fingerprint density at radius 2 is 2.31 bits per heavy atom. The van der Waals surface area contributed by atoms with Crippen LogP contribution in [0.3, 0.4) is 0 Å². The lowest BCUT2D eigenvalue weighted by Gasteiger charge is -2.22. The summed E-state index contributed by atoms with van der Waals surface area (Å²) in [6.07, 6.45) is 5.75. The van der Waals surface area contributed by atoms with Gasteiger partial charge in [-0.2, -0.15) is 0 Å². The Morgan fingerprint density at radius 3 is 2.77 bits per heavy atom. The molecular formula is C10H17NO2. The standard InChI is InChI=1S/C10H17NO2/c1-8(7-9-3-2-4-9)10(13)11-5-6-12/h7,9,12H,2-6H2,1H3,(H,11,13)/b8-7+. The molecule has 3 heteroatoms. The number of carbonyl (C=O) groups excluding carboxylic acids is 1. The molecule has 2 N–H and O–H groups in total. The minimum atomic E-state index is -0.0547. The van der Waals surface area contributed by atoms with Crippen molar-refractivity contribution in [1.29, 1.82) is 0 Å². The topological polar surface area (TPSA) is 49.3 Å². The van der Waals surface area contributed by atoms with Gasteiger partial charge in [0.25, 0.3) is 0 Å². The third-order valence-corrected chi connectivity index (χ3v) is 2.39. The third-order valence-electron chi connectivity index (χ3n) is 2.39. The fraction of sp³-hybridized carbons (Fsp3) is 0.700. The van der Waals surface area contributed by atoms with Gasteiger partial charge in [-0.3, -0.25) is 4.79 Å². The summed E-state index contributed by atoms with van der Waals surface area (Å²) in [6, 6.07) is 0. The van der Waals surface area contributed by atoms with E-state index in [1.807, 2.05) is 13.0 Å². The quantitative estimate of drug-likeness (QED) is 0.634. The minimum absolute atomic E-state index is 0.00243. The van der Waals surface area contributed by atoms with Gasteiger partial charge in [-0.05, 0) is 25.7 Å². The Bertz CT molecular complexity index is 207. The van der Waals surface area contributed by atoms with Crippen molar-refractivity contribution in [3.8, 4) is 0 Å². The molecule has 0 aromatic heterocycles. The molecule has 0 atom stereocenters. The van der Waals surface area contributed by atoms with Crippen molar-refractivity contribution in [2.75, 3.05) is 13.2 Å². The molecule has 3 nitrogen and oxygen atoms in total. The molecule has 0 heterocycles. The first-order valence-electron chi connectivity index (χ1n) is 4.81. The number of aliphatic hydroxyl groups is 1. The molecule has 0 radical (unpaired) electrons. The maximum atomic E-state index is 11.3. The predicted molar refractivity (Wildman–Crippen MR) is 51.2 cm³/mol. The van der Waals surface area contributed by atoms with Crippen LogP contribution in [0.5, 0.6) is 0 Å². The molecule has 1 aliphatic rings. The number of rotatable bonds is 4. The predicted octanol–water partition coefficient (Wildman–Crippen LogP) is 0.841. The fourth-order valence-corrected chi connectivity index (χ4v) is 1.34. The summed E-state index contributed by atoms with van der Waals surface area (Å²) < 4.78 is 0. The second-order valence-corrected chi connectivity index (χ2v) is 3.52. The Balaban J connectivity index is 2.31. The zero-order chi connectivity index (χ0) is 9.68. The van der Waals surface area contributed by atoms with E-state index in [4.69, 9.17) is 5.11 Å². The maximum Gasteiger partial charge on any atom is 0.246 e. The fourth-order valence-electron chi connectivity index (χ4n) is 1.34. The minimum Gasteiger partial charge on any atom is -0.395 e. The smallest absolute Gasteiger partial charge is 0.246 e. The molecule has 1 fully saturated rings. The lowest BCUT2D eigenvalue weighted by Crippen LogP contribution is -2.27. The molecule has 0 spiro atoms. The molecule has 1 rings (SSSR count). The maximum absolute atomic E-state index is 11.3. The van der Waals surface area contributed by atoms with Crippen molar-refractivity contribution in [2.45, 2.75) is 26.2 Å².